The molecule has 2 amide bonds. The van der Waals surface area contributed by atoms with Crippen LogP contribution in [0.1, 0.15) is 107 Å². The van der Waals surface area contributed by atoms with Crippen molar-refractivity contribution < 1.29 is 9.59 Å². The van der Waals surface area contributed by atoms with Crippen molar-refractivity contribution in [2.24, 2.45) is 5.73 Å². The summed E-state index contributed by atoms with van der Waals surface area (Å²) in [6.45, 7) is 4.27. The summed E-state index contributed by atoms with van der Waals surface area (Å²) in [5.41, 5.74) is 11.2. The topological polar surface area (TPSA) is 66.6 Å². The van der Waals surface area contributed by atoms with Crippen LogP contribution in [0, 0.1) is 0 Å². The summed E-state index contributed by atoms with van der Waals surface area (Å²) in [5, 5.41) is 0. The molecule has 5 nitrogen and oxygen atoms in total. The number of amides is 2. The van der Waals surface area contributed by atoms with Crippen LogP contribution in [0.15, 0.2) is 36.4 Å². The summed E-state index contributed by atoms with van der Waals surface area (Å²) in [5.74, 6) is 0.503. The molecule has 1 saturated heterocycles. The predicted octanol–water partition coefficient (Wildman–Crippen LogP) is 5.36. The van der Waals surface area contributed by atoms with Crippen molar-refractivity contribution in [3.63, 3.8) is 0 Å². The fourth-order valence-corrected chi connectivity index (χ4v) is 6.31. The molecule has 2 aromatic carbocycles. The first-order valence-electron chi connectivity index (χ1n) is 12.5. The summed E-state index contributed by atoms with van der Waals surface area (Å²) in [4.78, 5) is 29.8. The maximum Gasteiger partial charge on any atom is 0.260 e. The van der Waals surface area contributed by atoms with Gasteiger partial charge in [0.05, 0.1) is 17.2 Å². The van der Waals surface area contributed by atoms with Crippen LogP contribution in [0.2, 0.25) is 0 Å². The van der Waals surface area contributed by atoms with Gasteiger partial charge in [0.2, 0.25) is 5.91 Å². The van der Waals surface area contributed by atoms with Gasteiger partial charge < -0.3 is 15.5 Å². The molecule has 0 spiro atoms. The van der Waals surface area contributed by atoms with Gasteiger partial charge in [-0.2, -0.15) is 0 Å². The molecule has 1 unspecified atom stereocenters. The number of hydrogen-bond acceptors (Lipinski definition) is 3. The number of anilines is 1. The Morgan fingerprint density at radius 1 is 0.909 bits per heavy atom. The van der Waals surface area contributed by atoms with Gasteiger partial charge in [-0.15, -0.1) is 0 Å². The number of benzene rings is 2. The van der Waals surface area contributed by atoms with Gasteiger partial charge >= 0.3 is 0 Å². The van der Waals surface area contributed by atoms with Gasteiger partial charge in [-0.25, -0.2) is 0 Å². The average molecular weight is 446 g/mol. The lowest BCUT2D eigenvalue weighted by atomic mass is 9.77. The second-order valence-corrected chi connectivity index (χ2v) is 10.2. The third-order valence-corrected chi connectivity index (χ3v) is 8.18. The first kappa shape index (κ1) is 22.1. The van der Waals surface area contributed by atoms with Crippen LogP contribution in [-0.4, -0.2) is 36.9 Å². The maximum atomic E-state index is 13.6. The van der Waals surface area contributed by atoms with Crippen LogP contribution in [0.25, 0.3) is 0 Å². The minimum absolute atomic E-state index is 0.119. The Morgan fingerprint density at radius 3 is 2.30 bits per heavy atom. The molecule has 5 rings (SSSR count). The van der Waals surface area contributed by atoms with Crippen LogP contribution >= 0.6 is 0 Å². The fraction of sp³-hybridized carbons (Fsp3) is 0.500. The zero-order valence-electron chi connectivity index (χ0n) is 19.8. The Balaban J connectivity index is 1.55. The minimum Gasteiger partial charge on any atom is -0.366 e. The SMILES string of the molecule is CC1c2cccc(C(N)=O)c2C(=O)N1c1ccc(C2CCCCC2)c(C2CCN(C)CC2)c1. The quantitative estimate of drug-likeness (QED) is 0.689. The summed E-state index contributed by atoms with van der Waals surface area (Å²) in [6, 6.07) is 12.0. The number of likely N-dealkylation sites (tertiary alicyclic amines) is 1. The van der Waals surface area contributed by atoms with Gasteiger partial charge in [0.1, 0.15) is 0 Å². The highest BCUT2D eigenvalue weighted by molar-refractivity contribution is 6.16. The summed E-state index contributed by atoms with van der Waals surface area (Å²) in [7, 11) is 2.20. The monoisotopic (exact) mass is 445 g/mol. The first-order chi connectivity index (χ1) is 16.0. The lowest BCUT2D eigenvalue weighted by Gasteiger charge is -2.34. The second kappa shape index (κ2) is 8.94. The van der Waals surface area contributed by atoms with Gasteiger partial charge in [0.15, 0.2) is 0 Å². The number of hydrogen-bond donors (Lipinski definition) is 1. The largest absolute Gasteiger partial charge is 0.366 e. The molecule has 0 bridgehead atoms. The number of piperidine rings is 1. The molecule has 1 aliphatic carbocycles. The molecule has 2 heterocycles. The fourth-order valence-electron chi connectivity index (χ4n) is 6.31. The van der Waals surface area contributed by atoms with E-state index in [0.29, 0.717) is 23.0 Å². The Bertz CT molecular complexity index is 1060. The Labute approximate surface area is 196 Å². The molecule has 1 saturated carbocycles. The van der Waals surface area contributed by atoms with E-state index in [0.717, 1.165) is 37.2 Å². The zero-order valence-corrected chi connectivity index (χ0v) is 19.8. The van der Waals surface area contributed by atoms with Crippen molar-refractivity contribution in [1.29, 1.82) is 0 Å². The van der Waals surface area contributed by atoms with E-state index in [1.54, 1.807) is 6.07 Å². The Kier molecular flexibility index (Phi) is 6.00. The van der Waals surface area contributed by atoms with Crippen molar-refractivity contribution in [3.05, 3.63) is 64.2 Å². The van der Waals surface area contributed by atoms with Crippen molar-refractivity contribution in [2.75, 3.05) is 25.0 Å². The maximum absolute atomic E-state index is 13.6. The van der Waals surface area contributed by atoms with Crippen LogP contribution in [0.4, 0.5) is 5.69 Å². The average Bonchev–Trinajstić information content (AvgIpc) is 3.09. The number of rotatable bonds is 4. The van der Waals surface area contributed by atoms with E-state index in [2.05, 4.69) is 30.1 Å². The third kappa shape index (κ3) is 3.97. The van der Waals surface area contributed by atoms with E-state index >= 15 is 0 Å². The lowest BCUT2D eigenvalue weighted by molar-refractivity contribution is 0.0965. The molecule has 3 aliphatic rings. The van der Waals surface area contributed by atoms with E-state index in [-0.39, 0.29) is 11.9 Å². The predicted molar refractivity (Wildman–Crippen MR) is 132 cm³/mol. The highest BCUT2D eigenvalue weighted by atomic mass is 16.2. The van der Waals surface area contributed by atoms with Crippen molar-refractivity contribution >= 4 is 17.5 Å². The van der Waals surface area contributed by atoms with Gasteiger partial charge in [0.25, 0.3) is 5.91 Å². The molecule has 2 aromatic rings. The van der Waals surface area contributed by atoms with Crippen LogP contribution in [0.3, 0.4) is 0 Å². The molecular weight excluding hydrogens is 410 g/mol. The summed E-state index contributed by atoms with van der Waals surface area (Å²) < 4.78 is 0. The second-order valence-electron chi connectivity index (χ2n) is 10.2. The third-order valence-electron chi connectivity index (χ3n) is 8.18. The van der Waals surface area contributed by atoms with E-state index < -0.39 is 5.91 Å². The number of carbonyl (C=O) groups is 2. The van der Waals surface area contributed by atoms with E-state index in [9.17, 15) is 9.59 Å². The number of nitrogens with zero attached hydrogens (tertiary/aromatic N) is 2. The summed E-state index contributed by atoms with van der Waals surface area (Å²) in [6.07, 6.45) is 8.83. The molecule has 5 heteroatoms. The highest BCUT2D eigenvalue weighted by Gasteiger charge is 2.38. The number of carbonyl (C=O) groups excluding carboxylic acids is 2. The first-order valence-corrected chi connectivity index (χ1v) is 12.5. The van der Waals surface area contributed by atoms with Gasteiger partial charge in [0, 0.05) is 5.69 Å². The van der Waals surface area contributed by atoms with E-state index in [1.165, 1.54) is 43.2 Å². The normalized spacial score (nSPS) is 22.5. The number of primary amides is 1. The van der Waals surface area contributed by atoms with Crippen molar-refractivity contribution in [3.8, 4) is 0 Å². The van der Waals surface area contributed by atoms with Crippen LogP contribution in [0.5, 0.6) is 0 Å². The highest BCUT2D eigenvalue weighted by Crippen LogP contribution is 2.44. The Hall–Kier alpha value is -2.66. The van der Waals surface area contributed by atoms with Crippen molar-refractivity contribution in [2.45, 2.75) is 69.7 Å². The standard InChI is InChI=1S/C28H35N3O2/c1-18-22-9-6-10-24(27(29)32)26(22)28(33)31(18)21-11-12-23(19-7-4-3-5-8-19)25(17-21)20-13-15-30(2)16-14-20/h6,9-12,17-20H,3-5,7-8,13-16H2,1-2H3,(H2,29,32). The molecule has 2 aliphatic heterocycles. The lowest BCUT2D eigenvalue weighted by Crippen LogP contribution is -2.30. The van der Waals surface area contributed by atoms with Gasteiger partial charge in [-0.05, 0) is 99.5 Å². The van der Waals surface area contributed by atoms with Gasteiger partial charge in [-0.3, -0.25) is 9.59 Å². The zero-order chi connectivity index (χ0) is 23.1. The summed E-state index contributed by atoms with van der Waals surface area (Å²) >= 11 is 0. The van der Waals surface area contributed by atoms with Crippen LogP contribution < -0.4 is 10.6 Å². The number of nitrogens with two attached hydrogens (primary N) is 1. The molecule has 33 heavy (non-hydrogen) atoms. The van der Waals surface area contributed by atoms with E-state index in [1.807, 2.05) is 24.0 Å². The molecular formula is C28H35N3O2. The molecule has 0 aromatic heterocycles. The van der Waals surface area contributed by atoms with Crippen molar-refractivity contribution in [1.82, 2.24) is 4.90 Å². The molecule has 1 atom stereocenters. The Morgan fingerprint density at radius 2 is 1.61 bits per heavy atom. The van der Waals surface area contributed by atoms with E-state index in [4.69, 9.17) is 5.73 Å². The smallest absolute Gasteiger partial charge is 0.260 e. The molecule has 2 N–H and O–H groups in total. The molecule has 2 fully saturated rings. The van der Waals surface area contributed by atoms with Gasteiger partial charge in [-0.1, -0.05) is 37.5 Å². The minimum atomic E-state index is -0.547. The molecule has 174 valence electrons. The van der Waals surface area contributed by atoms with Crippen LogP contribution in [-0.2, 0) is 0 Å². The molecule has 0 radical (unpaired) electrons. The number of fused-ring (bicyclic) bond motifs is 1.